The van der Waals surface area contributed by atoms with Crippen LogP contribution in [0, 0.1) is 5.92 Å². The molecule has 134 valence electrons. The van der Waals surface area contributed by atoms with E-state index in [1.54, 1.807) is 7.05 Å². The lowest BCUT2D eigenvalue weighted by atomic mass is 10.1. The lowest BCUT2D eigenvalue weighted by Crippen LogP contribution is -2.29. The van der Waals surface area contributed by atoms with E-state index in [2.05, 4.69) is 23.8 Å². The van der Waals surface area contributed by atoms with Crippen molar-refractivity contribution in [3.63, 3.8) is 0 Å². The van der Waals surface area contributed by atoms with Gasteiger partial charge in [0.2, 0.25) is 0 Å². The zero-order valence-electron chi connectivity index (χ0n) is 14.2. The number of alkyl halides is 1. The molecule has 7 nitrogen and oxygen atoms in total. The minimum atomic E-state index is -0.456. The third-order valence-corrected chi connectivity index (χ3v) is 4.68. The number of hydrogen-bond donors (Lipinski definition) is 1. The fourth-order valence-corrected chi connectivity index (χ4v) is 3.25. The number of halogens is 1. The molecule has 0 radical (unpaired) electrons. The number of fused-ring (bicyclic) bond motifs is 1. The molecule has 0 bridgehead atoms. The molecule has 0 unspecified atom stereocenters. The number of thioether (sulfide) groups is 1. The molecule has 2 rings (SSSR count). The molecule has 0 fully saturated rings. The first-order valence-corrected chi connectivity index (χ1v) is 9.43. The summed E-state index contributed by atoms with van der Waals surface area (Å²) < 4.78 is 8.64. The smallest absolute Gasteiger partial charge is 0.329 e. The first kappa shape index (κ1) is 19.1. The predicted octanol–water partition coefficient (Wildman–Crippen LogP) is 1.82. The fourth-order valence-electron chi connectivity index (χ4n) is 2.27. The first-order chi connectivity index (χ1) is 11.5. The van der Waals surface area contributed by atoms with Gasteiger partial charge in [-0.1, -0.05) is 25.6 Å². The highest BCUT2D eigenvalue weighted by Gasteiger charge is 2.17. The quantitative estimate of drug-likeness (QED) is 0.411. The van der Waals surface area contributed by atoms with E-state index < -0.39 is 11.2 Å². The van der Waals surface area contributed by atoms with E-state index in [1.807, 2.05) is 4.57 Å². The topological polar surface area (TPSA) is 81.9 Å². The molecule has 2 aromatic rings. The van der Waals surface area contributed by atoms with Crippen LogP contribution in [0.4, 0.5) is 0 Å². The molecule has 0 saturated heterocycles. The molecule has 0 atom stereocenters. The van der Waals surface area contributed by atoms with Crippen molar-refractivity contribution in [1.82, 2.24) is 19.1 Å². The summed E-state index contributed by atoms with van der Waals surface area (Å²) >= 11 is 7.09. The van der Waals surface area contributed by atoms with Crippen LogP contribution < -0.4 is 11.2 Å². The van der Waals surface area contributed by atoms with Gasteiger partial charge in [-0.2, -0.15) is 0 Å². The maximum atomic E-state index is 12.3. The maximum absolute atomic E-state index is 12.3. The molecule has 0 aliphatic carbocycles. The molecule has 0 spiro atoms. The van der Waals surface area contributed by atoms with E-state index in [0.717, 1.165) is 11.6 Å². The van der Waals surface area contributed by atoms with Crippen molar-refractivity contribution in [3.8, 4) is 0 Å². The van der Waals surface area contributed by atoms with Crippen LogP contribution in [0.1, 0.15) is 20.3 Å². The molecular formula is C15H23ClN4O3S. The monoisotopic (exact) mass is 374 g/mol. The van der Waals surface area contributed by atoms with Gasteiger partial charge in [-0.05, 0) is 12.3 Å². The van der Waals surface area contributed by atoms with Crippen molar-refractivity contribution in [2.75, 3.05) is 24.8 Å². The van der Waals surface area contributed by atoms with Crippen LogP contribution in [0.3, 0.4) is 0 Å². The number of nitrogens with zero attached hydrogens (tertiary/aromatic N) is 3. The Morgan fingerprint density at radius 2 is 2.08 bits per heavy atom. The number of rotatable bonds is 9. The van der Waals surface area contributed by atoms with Crippen LogP contribution >= 0.6 is 23.4 Å². The van der Waals surface area contributed by atoms with Gasteiger partial charge in [0.05, 0.1) is 13.2 Å². The van der Waals surface area contributed by atoms with Gasteiger partial charge in [-0.3, -0.25) is 14.3 Å². The Balaban J connectivity index is 2.35. The van der Waals surface area contributed by atoms with E-state index in [1.165, 1.54) is 16.3 Å². The van der Waals surface area contributed by atoms with Crippen LogP contribution in [0.25, 0.3) is 11.2 Å². The Hall–Kier alpha value is -1.25. The highest BCUT2D eigenvalue weighted by atomic mass is 35.5. The molecule has 0 aliphatic heterocycles. The standard InChI is InChI=1S/C15H23ClN4O3S/c1-10(2)4-6-20-11-12(19(3)14(22)18-13(11)21)17-15(20)24-9-8-23-7-5-16/h10H,4-9H2,1-3H3,(H,18,21,22). The van der Waals surface area contributed by atoms with Gasteiger partial charge in [0, 0.05) is 25.2 Å². The molecule has 24 heavy (non-hydrogen) atoms. The van der Waals surface area contributed by atoms with Gasteiger partial charge in [0.25, 0.3) is 5.56 Å². The second-order valence-electron chi connectivity index (χ2n) is 5.87. The molecule has 1 N–H and O–H groups in total. The number of hydrogen-bond acceptors (Lipinski definition) is 5. The summed E-state index contributed by atoms with van der Waals surface area (Å²) in [6, 6.07) is 0. The SMILES string of the molecule is CC(C)CCn1c(SCCOCCCl)nc2c1c(=O)[nH]c(=O)n2C. The molecule has 2 aromatic heterocycles. The second-order valence-corrected chi connectivity index (χ2v) is 7.31. The zero-order chi connectivity index (χ0) is 17.7. The van der Waals surface area contributed by atoms with E-state index in [-0.39, 0.29) is 0 Å². The largest absolute Gasteiger partial charge is 0.379 e. The van der Waals surface area contributed by atoms with Gasteiger partial charge in [-0.25, -0.2) is 9.78 Å². The summed E-state index contributed by atoms with van der Waals surface area (Å²) in [6.07, 6.45) is 0.921. The third kappa shape index (κ3) is 4.43. The molecule has 0 amide bonds. The number of aryl methyl sites for hydroxylation is 2. The number of aromatic amines is 1. The van der Waals surface area contributed by atoms with Crippen molar-refractivity contribution < 1.29 is 4.74 Å². The summed E-state index contributed by atoms with van der Waals surface area (Å²) in [6.45, 7) is 6.01. The Bertz CT molecular complexity index is 796. The fraction of sp³-hybridized carbons (Fsp3) is 0.667. The Morgan fingerprint density at radius 1 is 1.33 bits per heavy atom. The van der Waals surface area contributed by atoms with E-state index in [4.69, 9.17) is 16.3 Å². The highest BCUT2D eigenvalue weighted by Crippen LogP contribution is 2.22. The van der Waals surface area contributed by atoms with E-state index in [9.17, 15) is 9.59 Å². The summed E-state index contributed by atoms with van der Waals surface area (Å²) in [5.74, 6) is 1.67. The van der Waals surface area contributed by atoms with Crippen molar-refractivity contribution in [2.45, 2.75) is 32.0 Å². The Labute approximate surface area is 149 Å². The number of aromatic nitrogens is 4. The van der Waals surface area contributed by atoms with E-state index >= 15 is 0 Å². The average Bonchev–Trinajstić information content (AvgIpc) is 2.89. The van der Waals surface area contributed by atoms with Gasteiger partial charge in [0.15, 0.2) is 16.3 Å². The minimum Gasteiger partial charge on any atom is -0.379 e. The maximum Gasteiger partial charge on any atom is 0.329 e. The zero-order valence-corrected chi connectivity index (χ0v) is 15.7. The number of H-pyrrole nitrogens is 1. The highest BCUT2D eigenvalue weighted by molar-refractivity contribution is 7.99. The minimum absolute atomic E-state index is 0.394. The Kier molecular flexibility index (Phi) is 6.94. The summed E-state index contributed by atoms with van der Waals surface area (Å²) in [7, 11) is 1.61. The normalized spacial score (nSPS) is 11.7. The van der Waals surface area contributed by atoms with Crippen LogP contribution in [0.2, 0.25) is 0 Å². The lowest BCUT2D eigenvalue weighted by molar-refractivity contribution is 0.166. The Morgan fingerprint density at radius 3 is 2.75 bits per heavy atom. The molecular weight excluding hydrogens is 352 g/mol. The number of ether oxygens (including phenoxy) is 1. The number of nitrogens with one attached hydrogen (secondary N) is 1. The van der Waals surface area contributed by atoms with Gasteiger partial charge < -0.3 is 9.30 Å². The van der Waals surface area contributed by atoms with Crippen molar-refractivity contribution >= 4 is 34.5 Å². The predicted molar refractivity (Wildman–Crippen MR) is 97.3 cm³/mol. The summed E-state index contributed by atoms with van der Waals surface area (Å²) in [5, 5.41) is 0.729. The third-order valence-electron chi connectivity index (χ3n) is 3.58. The van der Waals surface area contributed by atoms with Gasteiger partial charge in [-0.15, -0.1) is 11.6 Å². The molecule has 0 aromatic carbocycles. The van der Waals surface area contributed by atoms with Crippen molar-refractivity contribution in [2.24, 2.45) is 13.0 Å². The lowest BCUT2D eigenvalue weighted by Gasteiger charge is -2.10. The van der Waals surface area contributed by atoms with Gasteiger partial charge >= 0.3 is 5.69 Å². The summed E-state index contributed by atoms with van der Waals surface area (Å²) in [4.78, 5) is 30.9. The van der Waals surface area contributed by atoms with Crippen LogP contribution in [0.15, 0.2) is 14.7 Å². The van der Waals surface area contributed by atoms with Gasteiger partial charge in [0.1, 0.15) is 0 Å². The second kappa shape index (κ2) is 8.73. The van der Waals surface area contributed by atoms with Crippen LogP contribution in [-0.2, 0) is 18.3 Å². The molecule has 0 saturated carbocycles. The summed E-state index contributed by atoms with van der Waals surface area (Å²) in [5.41, 5.74) is 0.0104. The molecule has 9 heteroatoms. The average molecular weight is 375 g/mol. The van der Waals surface area contributed by atoms with E-state index in [0.29, 0.717) is 48.5 Å². The van der Waals surface area contributed by atoms with Crippen LogP contribution in [-0.4, -0.2) is 43.9 Å². The first-order valence-electron chi connectivity index (χ1n) is 7.91. The molecule has 2 heterocycles. The van der Waals surface area contributed by atoms with Crippen molar-refractivity contribution in [3.05, 3.63) is 20.8 Å². The number of imidazole rings is 1. The van der Waals surface area contributed by atoms with Crippen LogP contribution in [0.5, 0.6) is 0 Å². The van der Waals surface area contributed by atoms with Crippen molar-refractivity contribution in [1.29, 1.82) is 0 Å². The molecule has 0 aliphatic rings.